The van der Waals surface area contributed by atoms with Crippen molar-refractivity contribution in [3.05, 3.63) is 24.1 Å². The molecule has 0 unspecified atom stereocenters. The number of aryl methyl sites for hydroxylation is 1. The molecule has 0 aliphatic carbocycles. The summed E-state index contributed by atoms with van der Waals surface area (Å²) in [7, 11) is 1.59. The topological polar surface area (TPSA) is 74.2 Å². The molecule has 0 saturated heterocycles. The van der Waals surface area contributed by atoms with Gasteiger partial charge in [-0.2, -0.15) is 0 Å². The van der Waals surface area contributed by atoms with Gasteiger partial charge in [0.25, 0.3) is 0 Å². The molecule has 1 aromatic carbocycles. The Hall–Kier alpha value is -2.04. The monoisotopic (exact) mass is 233 g/mol. The van der Waals surface area contributed by atoms with Crippen molar-refractivity contribution in [2.75, 3.05) is 12.8 Å². The second-order valence-corrected chi connectivity index (χ2v) is 3.75. The smallest absolute Gasteiger partial charge is 0.247 e. The Morgan fingerprint density at radius 1 is 1.29 bits per heavy atom. The zero-order valence-corrected chi connectivity index (χ0v) is 9.93. The number of nitrogens with two attached hydrogens (primary N) is 1. The average Bonchev–Trinajstić information content (AvgIpc) is 2.77. The van der Waals surface area contributed by atoms with Crippen molar-refractivity contribution in [2.45, 2.75) is 19.8 Å². The summed E-state index contributed by atoms with van der Waals surface area (Å²) >= 11 is 0. The van der Waals surface area contributed by atoms with Crippen LogP contribution in [0.15, 0.2) is 22.6 Å². The van der Waals surface area contributed by atoms with Gasteiger partial charge in [0, 0.05) is 23.7 Å². The van der Waals surface area contributed by atoms with Crippen molar-refractivity contribution in [1.82, 2.24) is 10.2 Å². The van der Waals surface area contributed by atoms with Gasteiger partial charge in [0.15, 0.2) is 0 Å². The van der Waals surface area contributed by atoms with Gasteiger partial charge in [-0.15, -0.1) is 10.2 Å². The number of methoxy groups -OCH3 is 1. The normalized spacial score (nSPS) is 10.5. The van der Waals surface area contributed by atoms with Gasteiger partial charge in [0.1, 0.15) is 5.75 Å². The highest BCUT2D eigenvalue weighted by atomic mass is 16.5. The molecule has 0 spiro atoms. The zero-order chi connectivity index (χ0) is 12.3. The lowest BCUT2D eigenvalue weighted by Gasteiger charge is -2.03. The number of rotatable bonds is 4. The predicted octanol–water partition coefficient (Wildman–Crippen LogP) is 2.28. The molecule has 17 heavy (non-hydrogen) atoms. The third kappa shape index (κ3) is 2.55. The van der Waals surface area contributed by atoms with Crippen molar-refractivity contribution in [1.29, 1.82) is 0 Å². The number of benzene rings is 1. The van der Waals surface area contributed by atoms with Gasteiger partial charge < -0.3 is 14.9 Å². The quantitative estimate of drug-likeness (QED) is 0.820. The fourth-order valence-corrected chi connectivity index (χ4v) is 1.55. The van der Waals surface area contributed by atoms with Crippen LogP contribution in [-0.2, 0) is 6.42 Å². The van der Waals surface area contributed by atoms with Gasteiger partial charge in [0.2, 0.25) is 11.8 Å². The minimum absolute atomic E-state index is 0.471. The maximum Gasteiger partial charge on any atom is 0.247 e. The fourth-order valence-electron chi connectivity index (χ4n) is 1.55. The minimum Gasteiger partial charge on any atom is -0.497 e. The van der Waals surface area contributed by atoms with Crippen molar-refractivity contribution in [2.24, 2.45) is 0 Å². The summed E-state index contributed by atoms with van der Waals surface area (Å²) in [4.78, 5) is 0. The van der Waals surface area contributed by atoms with E-state index in [-0.39, 0.29) is 0 Å². The molecule has 0 aliphatic heterocycles. The number of hydrogen-bond acceptors (Lipinski definition) is 5. The first-order chi connectivity index (χ1) is 8.22. The molecule has 0 radical (unpaired) electrons. The van der Waals surface area contributed by atoms with Crippen LogP contribution in [0.3, 0.4) is 0 Å². The Kier molecular flexibility index (Phi) is 3.27. The lowest BCUT2D eigenvalue weighted by atomic mass is 10.2. The summed E-state index contributed by atoms with van der Waals surface area (Å²) in [5.74, 6) is 1.79. The third-order valence-electron chi connectivity index (χ3n) is 2.34. The molecule has 0 aliphatic rings. The van der Waals surface area contributed by atoms with Gasteiger partial charge >= 0.3 is 0 Å². The van der Waals surface area contributed by atoms with Gasteiger partial charge in [-0.1, -0.05) is 6.92 Å². The lowest BCUT2D eigenvalue weighted by Crippen LogP contribution is -1.90. The van der Waals surface area contributed by atoms with Crippen LogP contribution < -0.4 is 10.5 Å². The van der Waals surface area contributed by atoms with E-state index < -0.39 is 0 Å². The van der Waals surface area contributed by atoms with Crippen LogP contribution in [0.5, 0.6) is 5.75 Å². The maximum atomic E-state index is 5.77. The fraction of sp³-hybridized carbons (Fsp3) is 0.333. The number of nitrogens with zero attached hydrogens (tertiary/aromatic N) is 2. The van der Waals surface area contributed by atoms with Gasteiger partial charge in [-0.05, 0) is 18.6 Å². The Morgan fingerprint density at radius 2 is 2.12 bits per heavy atom. The predicted molar refractivity (Wildman–Crippen MR) is 64.7 cm³/mol. The molecule has 0 saturated carbocycles. The van der Waals surface area contributed by atoms with Crippen LogP contribution in [0.1, 0.15) is 19.2 Å². The molecule has 1 aromatic heterocycles. The average molecular weight is 233 g/mol. The number of aromatic nitrogens is 2. The second-order valence-electron chi connectivity index (χ2n) is 3.75. The minimum atomic E-state index is 0.471. The highest BCUT2D eigenvalue weighted by molar-refractivity contribution is 5.63. The van der Waals surface area contributed by atoms with E-state index in [1.165, 1.54) is 0 Å². The summed E-state index contributed by atoms with van der Waals surface area (Å²) in [5.41, 5.74) is 7.15. The summed E-state index contributed by atoms with van der Waals surface area (Å²) in [5, 5.41) is 7.96. The number of nitrogen functional groups attached to an aromatic ring is 1. The van der Waals surface area contributed by atoms with Crippen LogP contribution in [0.25, 0.3) is 11.5 Å². The van der Waals surface area contributed by atoms with Crippen molar-refractivity contribution >= 4 is 5.69 Å². The number of anilines is 1. The SMILES string of the molecule is CCCc1nnc(-c2cc(N)cc(OC)c2)o1. The first-order valence-corrected chi connectivity index (χ1v) is 5.50. The molecule has 0 atom stereocenters. The molecule has 2 rings (SSSR count). The molecule has 5 heteroatoms. The summed E-state index contributed by atoms with van der Waals surface area (Å²) in [6, 6.07) is 5.35. The van der Waals surface area contributed by atoms with Crippen LogP contribution in [0.4, 0.5) is 5.69 Å². The maximum absolute atomic E-state index is 5.77. The summed E-state index contributed by atoms with van der Waals surface area (Å²) in [6.07, 6.45) is 1.76. The highest BCUT2D eigenvalue weighted by Gasteiger charge is 2.09. The van der Waals surface area contributed by atoms with Gasteiger partial charge in [-0.25, -0.2) is 0 Å². The molecule has 90 valence electrons. The van der Waals surface area contributed by atoms with E-state index in [0.29, 0.717) is 23.2 Å². The Morgan fingerprint density at radius 3 is 2.82 bits per heavy atom. The molecule has 1 heterocycles. The lowest BCUT2D eigenvalue weighted by molar-refractivity contribution is 0.415. The molecule has 5 nitrogen and oxygen atoms in total. The van der Waals surface area contributed by atoms with Crippen LogP contribution in [0, 0.1) is 0 Å². The second kappa shape index (κ2) is 4.86. The zero-order valence-electron chi connectivity index (χ0n) is 9.93. The largest absolute Gasteiger partial charge is 0.497 e. The third-order valence-corrected chi connectivity index (χ3v) is 2.34. The first-order valence-electron chi connectivity index (χ1n) is 5.50. The Balaban J connectivity index is 2.34. The van der Waals surface area contributed by atoms with E-state index in [0.717, 1.165) is 18.4 Å². The van der Waals surface area contributed by atoms with E-state index >= 15 is 0 Å². The van der Waals surface area contributed by atoms with Gasteiger partial charge in [0.05, 0.1) is 7.11 Å². The number of ether oxygens (including phenoxy) is 1. The standard InChI is InChI=1S/C12H15N3O2/c1-3-4-11-14-15-12(17-11)8-5-9(13)7-10(6-8)16-2/h5-7H,3-4,13H2,1-2H3. The molecule has 2 N–H and O–H groups in total. The van der Waals surface area contributed by atoms with E-state index in [1.807, 2.05) is 6.07 Å². The first kappa shape index (κ1) is 11.4. The van der Waals surface area contributed by atoms with Crippen molar-refractivity contribution < 1.29 is 9.15 Å². The summed E-state index contributed by atoms with van der Waals surface area (Å²) < 4.78 is 10.7. The Bertz CT molecular complexity index is 508. The molecule has 0 bridgehead atoms. The Labute approximate surface area is 99.6 Å². The van der Waals surface area contributed by atoms with Crippen LogP contribution in [0.2, 0.25) is 0 Å². The molecular formula is C12H15N3O2. The van der Waals surface area contributed by atoms with Crippen LogP contribution in [-0.4, -0.2) is 17.3 Å². The highest BCUT2D eigenvalue weighted by Crippen LogP contribution is 2.26. The van der Waals surface area contributed by atoms with Crippen molar-refractivity contribution in [3.8, 4) is 17.2 Å². The van der Waals surface area contributed by atoms with E-state index in [9.17, 15) is 0 Å². The molecule has 2 aromatic rings. The van der Waals surface area contributed by atoms with Crippen molar-refractivity contribution in [3.63, 3.8) is 0 Å². The van der Waals surface area contributed by atoms with E-state index in [1.54, 1.807) is 19.2 Å². The number of hydrogen-bond donors (Lipinski definition) is 1. The van der Waals surface area contributed by atoms with Gasteiger partial charge in [-0.3, -0.25) is 0 Å². The van der Waals surface area contributed by atoms with Crippen LogP contribution >= 0.6 is 0 Å². The molecular weight excluding hydrogens is 218 g/mol. The van der Waals surface area contributed by atoms with E-state index in [4.69, 9.17) is 14.9 Å². The van der Waals surface area contributed by atoms with E-state index in [2.05, 4.69) is 17.1 Å². The molecule has 0 amide bonds. The summed E-state index contributed by atoms with van der Waals surface area (Å²) in [6.45, 7) is 2.06. The molecule has 0 fully saturated rings.